The smallest absolute Gasteiger partial charge is 0.349 e. The maximum Gasteiger partial charge on any atom is 0.349 e. The van der Waals surface area contributed by atoms with Gasteiger partial charge < -0.3 is 4.74 Å². The standard InChI is InChI=1S/C17H14FN3O4/c1-10(12-3-2-4-13(18)9-12)25-15(22)11-5-7-14(8-6-11)21-17(24)19-16(23)20-21/h2-10H,1H3,(H2,19,20,23,24). The monoisotopic (exact) mass is 343 g/mol. The molecule has 3 aromatic rings. The minimum absolute atomic E-state index is 0.262. The predicted octanol–water partition coefficient (Wildman–Crippen LogP) is 1.91. The summed E-state index contributed by atoms with van der Waals surface area (Å²) in [5, 5.41) is 2.31. The number of carbonyl (C=O) groups is 1. The lowest BCUT2D eigenvalue weighted by molar-refractivity contribution is 0.0337. The highest BCUT2D eigenvalue weighted by Gasteiger charge is 2.14. The third-order valence-electron chi connectivity index (χ3n) is 3.60. The van der Waals surface area contributed by atoms with Crippen molar-refractivity contribution in [1.29, 1.82) is 0 Å². The number of benzene rings is 2. The summed E-state index contributed by atoms with van der Waals surface area (Å²) in [5.41, 5.74) is -0.0464. The molecular formula is C17H14FN3O4. The normalized spacial score (nSPS) is 11.9. The Morgan fingerprint density at radius 3 is 2.48 bits per heavy atom. The maximum atomic E-state index is 13.2. The van der Waals surface area contributed by atoms with E-state index >= 15 is 0 Å². The zero-order valence-corrected chi connectivity index (χ0v) is 13.2. The van der Waals surface area contributed by atoms with Gasteiger partial charge in [-0.05, 0) is 48.9 Å². The fraction of sp³-hybridized carbons (Fsp3) is 0.118. The van der Waals surface area contributed by atoms with Crippen LogP contribution < -0.4 is 11.4 Å². The number of carbonyl (C=O) groups excluding carboxylic acids is 1. The Kier molecular flexibility index (Phi) is 4.34. The van der Waals surface area contributed by atoms with Crippen LogP contribution in [0.25, 0.3) is 5.69 Å². The summed E-state index contributed by atoms with van der Waals surface area (Å²) in [5.74, 6) is -0.992. The van der Waals surface area contributed by atoms with E-state index < -0.39 is 29.3 Å². The Labute approximate surface area is 140 Å². The van der Waals surface area contributed by atoms with E-state index in [9.17, 15) is 18.8 Å². The lowest BCUT2D eigenvalue weighted by atomic mass is 10.1. The molecular weight excluding hydrogens is 329 g/mol. The average Bonchev–Trinajstić information content (AvgIpc) is 2.93. The number of aromatic nitrogens is 3. The molecule has 128 valence electrons. The van der Waals surface area contributed by atoms with E-state index in [-0.39, 0.29) is 5.56 Å². The molecule has 0 aliphatic carbocycles. The molecule has 0 aliphatic rings. The third kappa shape index (κ3) is 3.57. The number of hydrogen-bond acceptors (Lipinski definition) is 4. The fourth-order valence-corrected chi connectivity index (χ4v) is 2.32. The zero-order valence-electron chi connectivity index (χ0n) is 13.2. The third-order valence-corrected chi connectivity index (χ3v) is 3.60. The first-order valence-corrected chi connectivity index (χ1v) is 7.42. The van der Waals surface area contributed by atoms with E-state index in [1.165, 1.54) is 36.4 Å². The Hall–Kier alpha value is -3.42. The van der Waals surface area contributed by atoms with Gasteiger partial charge in [0, 0.05) is 0 Å². The molecule has 0 aliphatic heterocycles. The van der Waals surface area contributed by atoms with Crippen molar-refractivity contribution in [2.45, 2.75) is 13.0 Å². The quantitative estimate of drug-likeness (QED) is 0.707. The van der Waals surface area contributed by atoms with Crippen molar-refractivity contribution in [3.05, 3.63) is 86.4 Å². The molecule has 8 heteroatoms. The average molecular weight is 343 g/mol. The van der Waals surface area contributed by atoms with Crippen molar-refractivity contribution in [2.75, 3.05) is 0 Å². The second-order valence-electron chi connectivity index (χ2n) is 5.36. The molecule has 0 spiro atoms. The lowest BCUT2D eigenvalue weighted by Gasteiger charge is -2.14. The van der Waals surface area contributed by atoms with Gasteiger partial charge in [0.05, 0.1) is 11.3 Å². The molecule has 1 heterocycles. The predicted molar refractivity (Wildman–Crippen MR) is 87.2 cm³/mol. The summed E-state index contributed by atoms with van der Waals surface area (Å²) in [4.78, 5) is 36.9. The van der Waals surface area contributed by atoms with E-state index in [2.05, 4.69) is 10.1 Å². The summed E-state index contributed by atoms with van der Waals surface area (Å²) in [6, 6.07) is 11.7. The SMILES string of the molecule is CC(OC(=O)c1ccc(-n2[nH]c(=O)[nH]c2=O)cc1)c1cccc(F)c1. The molecule has 0 fully saturated rings. The van der Waals surface area contributed by atoms with Crippen LogP contribution in [0.4, 0.5) is 4.39 Å². The van der Waals surface area contributed by atoms with Crippen LogP contribution in [-0.2, 0) is 4.74 Å². The number of halogens is 1. The molecule has 0 bridgehead atoms. The molecule has 0 radical (unpaired) electrons. The second-order valence-corrected chi connectivity index (χ2v) is 5.36. The summed E-state index contributed by atoms with van der Waals surface area (Å²) < 4.78 is 19.6. The van der Waals surface area contributed by atoms with Crippen molar-refractivity contribution >= 4 is 5.97 Å². The summed E-state index contributed by atoms with van der Waals surface area (Å²) in [7, 11) is 0. The highest BCUT2D eigenvalue weighted by atomic mass is 19.1. The number of ether oxygens (including phenoxy) is 1. The number of H-pyrrole nitrogens is 2. The van der Waals surface area contributed by atoms with Gasteiger partial charge in [0.2, 0.25) is 0 Å². The van der Waals surface area contributed by atoms with Crippen molar-refractivity contribution in [2.24, 2.45) is 0 Å². The van der Waals surface area contributed by atoms with Gasteiger partial charge in [-0.15, -0.1) is 0 Å². The van der Waals surface area contributed by atoms with Gasteiger partial charge in [-0.3, -0.25) is 4.98 Å². The molecule has 2 N–H and O–H groups in total. The van der Waals surface area contributed by atoms with Crippen LogP contribution in [0.3, 0.4) is 0 Å². The first kappa shape index (κ1) is 16.4. The summed E-state index contributed by atoms with van der Waals surface area (Å²) >= 11 is 0. The number of nitrogens with zero attached hydrogens (tertiary/aromatic N) is 1. The fourth-order valence-electron chi connectivity index (χ4n) is 2.32. The Morgan fingerprint density at radius 1 is 1.16 bits per heavy atom. The van der Waals surface area contributed by atoms with Crippen molar-refractivity contribution in [1.82, 2.24) is 14.8 Å². The van der Waals surface area contributed by atoms with Crippen LogP contribution in [0, 0.1) is 5.82 Å². The van der Waals surface area contributed by atoms with Crippen molar-refractivity contribution < 1.29 is 13.9 Å². The van der Waals surface area contributed by atoms with Gasteiger partial charge in [-0.2, -0.15) is 0 Å². The van der Waals surface area contributed by atoms with Gasteiger partial charge in [0.25, 0.3) is 0 Å². The molecule has 25 heavy (non-hydrogen) atoms. The molecule has 7 nitrogen and oxygen atoms in total. The Bertz CT molecular complexity index is 1020. The number of aromatic amines is 2. The highest BCUT2D eigenvalue weighted by molar-refractivity contribution is 5.89. The summed E-state index contributed by atoms with van der Waals surface area (Å²) in [6.07, 6.45) is -0.619. The molecule has 1 aromatic heterocycles. The Morgan fingerprint density at radius 2 is 1.88 bits per heavy atom. The topological polar surface area (TPSA) is 96.9 Å². The van der Waals surface area contributed by atoms with Gasteiger partial charge >= 0.3 is 17.3 Å². The van der Waals surface area contributed by atoms with Crippen molar-refractivity contribution in [3.8, 4) is 5.69 Å². The molecule has 1 atom stereocenters. The van der Waals surface area contributed by atoms with E-state index in [1.807, 2.05) is 0 Å². The minimum Gasteiger partial charge on any atom is -0.454 e. The number of nitrogens with one attached hydrogen (secondary N) is 2. The second kappa shape index (κ2) is 6.60. The number of hydrogen-bond donors (Lipinski definition) is 2. The molecule has 2 aromatic carbocycles. The molecule has 0 amide bonds. The van der Waals surface area contributed by atoms with Crippen LogP contribution in [0.5, 0.6) is 0 Å². The first-order valence-electron chi connectivity index (χ1n) is 7.42. The van der Waals surface area contributed by atoms with Crippen LogP contribution in [0.15, 0.2) is 58.1 Å². The molecule has 0 saturated heterocycles. The lowest BCUT2D eigenvalue weighted by Crippen LogP contribution is -2.16. The highest BCUT2D eigenvalue weighted by Crippen LogP contribution is 2.19. The molecule has 0 saturated carbocycles. The van der Waals surface area contributed by atoms with Gasteiger partial charge in [0.1, 0.15) is 11.9 Å². The van der Waals surface area contributed by atoms with Gasteiger partial charge in [-0.25, -0.2) is 28.6 Å². The number of esters is 1. The van der Waals surface area contributed by atoms with Crippen LogP contribution in [-0.4, -0.2) is 20.7 Å². The summed E-state index contributed by atoms with van der Waals surface area (Å²) in [6.45, 7) is 1.64. The van der Waals surface area contributed by atoms with Gasteiger partial charge in [-0.1, -0.05) is 12.1 Å². The Balaban J connectivity index is 1.76. The first-order chi connectivity index (χ1) is 11.9. The largest absolute Gasteiger partial charge is 0.454 e. The van der Waals surface area contributed by atoms with Crippen LogP contribution >= 0.6 is 0 Å². The van der Waals surface area contributed by atoms with E-state index in [4.69, 9.17) is 4.74 Å². The molecule has 3 rings (SSSR count). The van der Waals surface area contributed by atoms with Gasteiger partial charge in [0.15, 0.2) is 0 Å². The maximum absolute atomic E-state index is 13.2. The van der Waals surface area contributed by atoms with E-state index in [1.54, 1.807) is 19.1 Å². The van der Waals surface area contributed by atoms with Crippen LogP contribution in [0.1, 0.15) is 28.9 Å². The molecule has 1 unspecified atom stereocenters. The van der Waals surface area contributed by atoms with Crippen LogP contribution in [0.2, 0.25) is 0 Å². The van der Waals surface area contributed by atoms with Crippen molar-refractivity contribution in [3.63, 3.8) is 0 Å². The van der Waals surface area contributed by atoms with E-state index in [0.29, 0.717) is 11.3 Å². The zero-order chi connectivity index (χ0) is 18.0. The minimum atomic E-state index is -0.627. The number of rotatable bonds is 4. The van der Waals surface area contributed by atoms with E-state index in [0.717, 1.165) is 4.68 Å².